The van der Waals surface area contributed by atoms with E-state index in [4.69, 9.17) is 0 Å². The van der Waals surface area contributed by atoms with Gasteiger partial charge in [-0.1, -0.05) is 12.8 Å². The fourth-order valence-corrected chi connectivity index (χ4v) is 2.21. The first-order valence-corrected chi connectivity index (χ1v) is 7.87. The molecule has 0 bridgehead atoms. The fourth-order valence-electron chi connectivity index (χ4n) is 1.63. The standard InChI is InChI=1S/C11H18F6O3S.K/c12-5-3-1-2-4-7(13)9(15)11(17)10(16)8(14)6-21(18,19)20;/h7-11H,1-6H2,(H,18,19,20);/q;+1/p-1. The van der Waals surface area contributed by atoms with Crippen molar-refractivity contribution in [2.75, 3.05) is 12.4 Å². The molecule has 0 rings (SSSR count). The Hall–Kier alpha value is 1.13. The van der Waals surface area contributed by atoms with Crippen LogP contribution in [-0.2, 0) is 10.1 Å². The van der Waals surface area contributed by atoms with Crippen molar-refractivity contribution in [1.29, 1.82) is 0 Å². The van der Waals surface area contributed by atoms with Crippen LogP contribution in [0.2, 0.25) is 0 Å². The summed E-state index contributed by atoms with van der Waals surface area (Å²) in [5, 5.41) is 0. The zero-order valence-corrected chi connectivity index (χ0v) is 16.0. The number of halogens is 6. The summed E-state index contributed by atoms with van der Waals surface area (Å²) < 4.78 is 108. The second-order valence-electron chi connectivity index (χ2n) is 4.63. The summed E-state index contributed by atoms with van der Waals surface area (Å²) in [6.07, 6.45) is -15.0. The molecule has 0 aromatic carbocycles. The van der Waals surface area contributed by atoms with Crippen LogP contribution in [-0.4, -0.2) is 56.3 Å². The maximum absolute atomic E-state index is 13.3. The molecule has 0 aliphatic carbocycles. The van der Waals surface area contributed by atoms with Crippen LogP contribution in [0.3, 0.4) is 0 Å². The van der Waals surface area contributed by atoms with E-state index in [-0.39, 0.29) is 70.6 Å². The Balaban J connectivity index is 0. The van der Waals surface area contributed by atoms with E-state index in [0.29, 0.717) is 0 Å². The first kappa shape index (κ1) is 25.4. The van der Waals surface area contributed by atoms with Crippen LogP contribution in [0.25, 0.3) is 0 Å². The topological polar surface area (TPSA) is 57.2 Å². The monoisotopic (exact) mass is 382 g/mol. The van der Waals surface area contributed by atoms with Gasteiger partial charge in [-0.25, -0.2) is 30.4 Å². The van der Waals surface area contributed by atoms with Crippen LogP contribution in [0.15, 0.2) is 0 Å². The van der Waals surface area contributed by atoms with Gasteiger partial charge in [-0.2, -0.15) is 0 Å². The molecule has 22 heavy (non-hydrogen) atoms. The van der Waals surface area contributed by atoms with Gasteiger partial charge in [0.2, 0.25) is 0 Å². The van der Waals surface area contributed by atoms with Crippen LogP contribution in [0.1, 0.15) is 25.7 Å². The minimum Gasteiger partial charge on any atom is -0.748 e. The summed E-state index contributed by atoms with van der Waals surface area (Å²) in [5.41, 5.74) is 0. The van der Waals surface area contributed by atoms with Gasteiger partial charge in [-0.3, -0.25) is 4.39 Å². The van der Waals surface area contributed by atoms with E-state index in [2.05, 4.69) is 0 Å². The van der Waals surface area contributed by atoms with Crippen LogP contribution >= 0.6 is 0 Å². The molecule has 0 spiro atoms. The molecular formula is C11H17F6KO3S. The molecule has 0 N–H and O–H groups in total. The Labute approximate surface area is 168 Å². The fraction of sp³-hybridized carbons (Fsp3) is 1.00. The minimum atomic E-state index is -5.15. The molecular weight excluding hydrogens is 365 g/mol. The molecule has 0 aromatic heterocycles. The second kappa shape index (κ2) is 12.5. The summed E-state index contributed by atoms with van der Waals surface area (Å²) in [4.78, 5) is 0. The number of rotatable bonds is 11. The molecule has 0 amide bonds. The van der Waals surface area contributed by atoms with Crippen molar-refractivity contribution < 1.29 is 90.7 Å². The van der Waals surface area contributed by atoms with Crippen molar-refractivity contribution in [3.05, 3.63) is 0 Å². The van der Waals surface area contributed by atoms with Gasteiger partial charge < -0.3 is 4.55 Å². The van der Waals surface area contributed by atoms with E-state index < -0.39 is 59.8 Å². The van der Waals surface area contributed by atoms with E-state index in [1.165, 1.54) is 0 Å². The Bertz CT molecular complexity index is 386. The predicted octanol–water partition coefficient (Wildman–Crippen LogP) is -0.244. The molecule has 0 fully saturated rings. The van der Waals surface area contributed by atoms with E-state index in [9.17, 15) is 39.3 Å². The maximum atomic E-state index is 13.3. The normalized spacial score (nSPS) is 18.9. The van der Waals surface area contributed by atoms with Crippen molar-refractivity contribution in [1.82, 2.24) is 0 Å². The van der Waals surface area contributed by atoms with Crippen LogP contribution in [0.5, 0.6) is 0 Å². The van der Waals surface area contributed by atoms with Crippen molar-refractivity contribution >= 4 is 10.1 Å². The van der Waals surface area contributed by atoms with Gasteiger partial charge in [0.05, 0.1) is 22.5 Å². The molecule has 0 aliphatic heterocycles. The van der Waals surface area contributed by atoms with Crippen molar-refractivity contribution in [3.8, 4) is 0 Å². The predicted molar refractivity (Wildman–Crippen MR) is 63.5 cm³/mol. The average molecular weight is 382 g/mol. The van der Waals surface area contributed by atoms with Crippen LogP contribution in [0, 0.1) is 0 Å². The third-order valence-electron chi connectivity index (χ3n) is 2.78. The zero-order valence-electron chi connectivity index (χ0n) is 12.0. The molecule has 0 saturated carbocycles. The molecule has 0 aromatic rings. The Morgan fingerprint density at radius 2 is 1.32 bits per heavy atom. The Morgan fingerprint density at radius 3 is 1.77 bits per heavy atom. The summed E-state index contributed by atoms with van der Waals surface area (Å²) in [7, 11) is -5.15. The van der Waals surface area contributed by atoms with Gasteiger partial charge in [0.15, 0.2) is 18.5 Å². The van der Waals surface area contributed by atoms with Crippen LogP contribution in [0.4, 0.5) is 26.3 Å². The SMILES string of the molecule is O=S(=O)([O-])CC(F)C(F)C(F)C(F)C(F)CCCCCF.[K+]. The van der Waals surface area contributed by atoms with E-state index in [1.807, 2.05) is 0 Å². The summed E-state index contributed by atoms with van der Waals surface area (Å²) in [6.45, 7) is -0.637. The summed E-state index contributed by atoms with van der Waals surface area (Å²) >= 11 is 0. The molecule has 3 nitrogen and oxygen atoms in total. The molecule has 0 saturated heterocycles. The molecule has 128 valence electrons. The molecule has 5 atom stereocenters. The van der Waals surface area contributed by atoms with E-state index in [1.54, 1.807) is 0 Å². The first-order chi connectivity index (χ1) is 9.60. The molecule has 5 unspecified atom stereocenters. The quantitative estimate of drug-likeness (QED) is 0.214. The number of hydrogen-bond acceptors (Lipinski definition) is 3. The van der Waals surface area contributed by atoms with Gasteiger partial charge >= 0.3 is 51.4 Å². The van der Waals surface area contributed by atoms with E-state index in [0.717, 1.165) is 0 Å². The Morgan fingerprint density at radius 1 is 0.818 bits per heavy atom. The smallest absolute Gasteiger partial charge is 0.748 e. The first-order valence-electron chi connectivity index (χ1n) is 6.30. The van der Waals surface area contributed by atoms with Gasteiger partial charge in [-0.05, 0) is 12.8 Å². The zero-order chi connectivity index (χ0) is 16.6. The molecule has 0 aliphatic rings. The molecule has 0 heterocycles. The number of alkyl halides is 6. The third kappa shape index (κ3) is 10.8. The minimum absolute atomic E-state index is 0. The van der Waals surface area contributed by atoms with Crippen molar-refractivity contribution in [2.45, 2.75) is 56.5 Å². The average Bonchev–Trinajstić information content (AvgIpc) is 2.38. The maximum Gasteiger partial charge on any atom is 1.00 e. The van der Waals surface area contributed by atoms with Gasteiger partial charge in [0, 0.05) is 0 Å². The van der Waals surface area contributed by atoms with E-state index >= 15 is 0 Å². The van der Waals surface area contributed by atoms with Gasteiger partial charge in [-0.15, -0.1) is 0 Å². The van der Waals surface area contributed by atoms with Gasteiger partial charge in [0.1, 0.15) is 12.3 Å². The van der Waals surface area contributed by atoms with Gasteiger partial charge in [0.25, 0.3) is 0 Å². The largest absolute Gasteiger partial charge is 1.00 e. The van der Waals surface area contributed by atoms with Crippen molar-refractivity contribution in [2.24, 2.45) is 0 Å². The molecule has 11 heteroatoms. The molecule has 0 radical (unpaired) electrons. The Kier molecular flexibility index (Phi) is 14.4. The second-order valence-corrected chi connectivity index (χ2v) is 6.08. The van der Waals surface area contributed by atoms with Crippen LogP contribution < -0.4 is 51.4 Å². The number of hydrogen-bond donors (Lipinski definition) is 0. The van der Waals surface area contributed by atoms with Crippen molar-refractivity contribution in [3.63, 3.8) is 0 Å². The summed E-state index contributed by atoms with van der Waals surface area (Å²) in [5.74, 6) is -1.85. The number of unbranched alkanes of at least 4 members (excludes halogenated alkanes) is 2. The summed E-state index contributed by atoms with van der Waals surface area (Å²) in [6, 6.07) is 0. The third-order valence-corrected chi connectivity index (χ3v) is 3.50.